The molecule has 0 aliphatic heterocycles. The number of nitrogens with zero attached hydrogens (tertiary/aromatic N) is 1. The molecule has 1 atom stereocenters. The molecule has 1 amide bonds. The molecule has 18 heavy (non-hydrogen) atoms. The average Bonchev–Trinajstić information content (AvgIpc) is 2.33. The molecular weight excluding hydrogens is 302 g/mol. The van der Waals surface area contributed by atoms with E-state index in [2.05, 4.69) is 31.0 Å². The van der Waals surface area contributed by atoms with E-state index in [0.29, 0.717) is 10.3 Å². The van der Waals surface area contributed by atoms with Gasteiger partial charge in [0.05, 0.1) is 18.5 Å². The minimum absolute atomic E-state index is 0.179. The van der Waals surface area contributed by atoms with Gasteiger partial charge in [-0.3, -0.25) is 4.79 Å². The molecule has 0 bridgehead atoms. The quantitative estimate of drug-likeness (QED) is 0.490. The molecule has 0 aliphatic carbocycles. The second-order valence-electron chi connectivity index (χ2n) is 3.55. The van der Waals surface area contributed by atoms with Gasteiger partial charge in [0, 0.05) is 0 Å². The van der Waals surface area contributed by atoms with Crippen molar-refractivity contribution in [3.05, 3.63) is 22.4 Å². The molecule has 98 valence electrons. The smallest absolute Gasteiger partial charge is 0.332 e. The minimum atomic E-state index is -1.34. The Kier molecular flexibility index (Phi) is 5.24. The van der Waals surface area contributed by atoms with Gasteiger partial charge in [0.25, 0.3) is 5.91 Å². The largest absolute Gasteiger partial charge is 0.464 e. The number of halogens is 1. The van der Waals surface area contributed by atoms with Crippen molar-refractivity contribution < 1.29 is 14.3 Å². The summed E-state index contributed by atoms with van der Waals surface area (Å²) in [6.07, 6.45) is 1.47. The maximum atomic E-state index is 11.6. The lowest BCUT2D eigenvalue weighted by atomic mass is 10.2. The lowest BCUT2D eigenvalue weighted by Gasteiger charge is -2.11. The van der Waals surface area contributed by atoms with Crippen LogP contribution in [0.3, 0.4) is 0 Å². The maximum absolute atomic E-state index is 11.6. The lowest BCUT2D eigenvalue weighted by Crippen LogP contribution is -2.43. The van der Waals surface area contributed by atoms with Crippen LogP contribution in [-0.2, 0) is 14.3 Å². The Bertz CT molecular complexity index is 465. The van der Waals surface area contributed by atoms with Crippen molar-refractivity contribution in [2.45, 2.75) is 19.9 Å². The van der Waals surface area contributed by atoms with E-state index in [-0.39, 0.29) is 6.61 Å². The first-order chi connectivity index (χ1) is 8.45. The highest BCUT2D eigenvalue weighted by Crippen LogP contribution is 2.16. The van der Waals surface area contributed by atoms with Crippen molar-refractivity contribution in [2.24, 2.45) is 5.73 Å². The number of ether oxygens (including phenoxy) is 1. The van der Waals surface area contributed by atoms with E-state index < -0.39 is 17.9 Å². The molecule has 0 spiro atoms. The first kappa shape index (κ1) is 14.6. The number of pyridine rings is 1. The summed E-state index contributed by atoms with van der Waals surface area (Å²) in [6.45, 7) is 3.65. The average molecular weight is 316 g/mol. The van der Waals surface area contributed by atoms with Crippen LogP contribution in [0.25, 0.3) is 0 Å². The number of carbonyl (C=O) groups excluding carboxylic acids is 2. The standard InChI is InChI=1S/C11H14BrN3O3/c1-3-18-11(17)8(13)10(16)15-7-4-6(2)9(12)14-5-7/h4-5,8H,3,13H2,1-2H3,(H,15,16). The minimum Gasteiger partial charge on any atom is -0.464 e. The van der Waals surface area contributed by atoms with Crippen molar-refractivity contribution >= 4 is 33.5 Å². The van der Waals surface area contributed by atoms with E-state index in [1.807, 2.05) is 6.92 Å². The first-order valence-electron chi connectivity index (χ1n) is 5.31. The van der Waals surface area contributed by atoms with Crippen LogP contribution in [0, 0.1) is 6.92 Å². The molecule has 6 nitrogen and oxygen atoms in total. The van der Waals surface area contributed by atoms with Gasteiger partial charge in [-0.2, -0.15) is 0 Å². The van der Waals surface area contributed by atoms with Gasteiger partial charge < -0.3 is 15.8 Å². The van der Waals surface area contributed by atoms with Crippen LogP contribution >= 0.6 is 15.9 Å². The fraction of sp³-hybridized carbons (Fsp3) is 0.364. The SMILES string of the molecule is CCOC(=O)C(N)C(=O)Nc1cnc(Br)c(C)c1. The molecule has 1 aromatic rings. The number of esters is 1. The van der Waals surface area contributed by atoms with E-state index in [0.717, 1.165) is 5.56 Å². The Morgan fingerprint density at radius 1 is 1.61 bits per heavy atom. The summed E-state index contributed by atoms with van der Waals surface area (Å²) in [4.78, 5) is 26.9. The highest BCUT2D eigenvalue weighted by molar-refractivity contribution is 9.10. The van der Waals surface area contributed by atoms with Crippen molar-refractivity contribution in [3.63, 3.8) is 0 Å². The van der Waals surface area contributed by atoms with Gasteiger partial charge in [0.1, 0.15) is 4.60 Å². The van der Waals surface area contributed by atoms with Crippen LogP contribution in [-0.4, -0.2) is 29.5 Å². The predicted octanol–water partition coefficient (Wildman–Crippen LogP) is 0.981. The number of rotatable bonds is 4. The number of hydrogen-bond donors (Lipinski definition) is 2. The Hall–Kier alpha value is -1.47. The third-order valence-electron chi connectivity index (χ3n) is 2.10. The zero-order chi connectivity index (χ0) is 13.7. The summed E-state index contributed by atoms with van der Waals surface area (Å²) in [6, 6.07) is 0.376. The summed E-state index contributed by atoms with van der Waals surface area (Å²) < 4.78 is 5.35. The van der Waals surface area contributed by atoms with Crippen LogP contribution in [0.15, 0.2) is 16.9 Å². The highest BCUT2D eigenvalue weighted by atomic mass is 79.9. The second-order valence-corrected chi connectivity index (χ2v) is 4.30. The van der Waals surface area contributed by atoms with E-state index in [1.165, 1.54) is 6.20 Å². The fourth-order valence-electron chi connectivity index (χ4n) is 1.19. The molecule has 0 fully saturated rings. The Morgan fingerprint density at radius 3 is 2.83 bits per heavy atom. The summed E-state index contributed by atoms with van der Waals surface area (Å²) in [5, 5.41) is 2.50. The van der Waals surface area contributed by atoms with Gasteiger partial charge in [-0.15, -0.1) is 0 Å². The molecule has 0 aliphatic rings. The van der Waals surface area contributed by atoms with Crippen molar-refractivity contribution in [2.75, 3.05) is 11.9 Å². The van der Waals surface area contributed by atoms with Gasteiger partial charge in [0.15, 0.2) is 6.04 Å². The molecule has 1 rings (SSSR count). The number of nitrogens with two attached hydrogens (primary N) is 1. The van der Waals surface area contributed by atoms with Crippen LogP contribution in [0.4, 0.5) is 5.69 Å². The number of hydrogen-bond acceptors (Lipinski definition) is 5. The predicted molar refractivity (Wildman–Crippen MR) is 69.9 cm³/mol. The van der Waals surface area contributed by atoms with E-state index in [9.17, 15) is 9.59 Å². The third-order valence-corrected chi connectivity index (χ3v) is 2.94. The summed E-state index contributed by atoms with van der Waals surface area (Å²) in [7, 11) is 0. The number of aromatic nitrogens is 1. The molecule has 3 N–H and O–H groups in total. The molecule has 0 saturated heterocycles. The van der Waals surface area contributed by atoms with E-state index in [1.54, 1.807) is 13.0 Å². The Morgan fingerprint density at radius 2 is 2.28 bits per heavy atom. The summed E-state index contributed by atoms with van der Waals surface area (Å²) >= 11 is 3.25. The Balaban J connectivity index is 2.69. The van der Waals surface area contributed by atoms with Crippen LogP contribution in [0.5, 0.6) is 0 Å². The molecule has 1 unspecified atom stereocenters. The molecule has 0 aromatic carbocycles. The van der Waals surface area contributed by atoms with Gasteiger partial charge in [-0.25, -0.2) is 9.78 Å². The topological polar surface area (TPSA) is 94.3 Å². The van der Waals surface area contributed by atoms with Crippen LogP contribution < -0.4 is 11.1 Å². The summed E-state index contributed by atoms with van der Waals surface area (Å²) in [5.74, 6) is -1.38. The molecular formula is C11H14BrN3O3. The van der Waals surface area contributed by atoms with E-state index >= 15 is 0 Å². The number of nitrogens with one attached hydrogen (secondary N) is 1. The fourth-order valence-corrected chi connectivity index (χ4v) is 1.40. The zero-order valence-corrected chi connectivity index (χ0v) is 11.7. The van der Waals surface area contributed by atoms with Crippen molar-refractivity contribution in [3.8, 4) is 0 Å². The first-order valence-corrected chi connectivity index (χ1v) is 6.10. The normalized spacial score (nSPS) is 11.8. The molecule has 1 heterocycles. The number of carbonyl (C=O) groups is 2. The zero-order valence-electron chi connectivity index (χ0n) is 10.1. The van der Waals surface area contributed by atoms with E-state index in [4.69, 9.17) is 5.73 Å². The second kappa shape index (κ2) is 6.46. The number of anilines is 1. The van der Waals surface area contributed by atoms with Crippen molar-refractivity contribution in [1.82, 2.24) is 4.98 Å². The highest BCUT2D eigenvalue weighted by Gasteiger charge is 2.23. The number of aryl methyl sites for hydroxylation is 1. The van der Waals surface area contributed by atoms with Gasteiger partial charge in [-0.05, 0) is 41.4 Å². The van der Waals surface area contributed by atoms with Crippen LogP contribution in [0.2, 0.25) is 0 Å². The monoisotopic (exact) mass is 315 g/mol. The van der Waals surface area contributed by atoms with Gasteiger partial charge in [-0.1, -0.05) is 0 Å². The van der Waals surface area contributed by atoms with Gasteiger partial charge in [0.2, 0.25) is 0 Å². The molecule has 1 aromatic heterocycles. The molecule has 7 heteroatoms. The third kappa shape index (κ3) is 3.78. The lowest BCUT2D eigenvalue weighted by molar-refractivity contribution is -0.146. The molecule has 0 saturated carbocycles. The number of amides is 1. The van der Waals surface area contributed by atoms with Gasteiger partial charge >= 0.3 is 5.97 Å². The maximum Gasteiger partial charge on any atom is 0.332 e. The summed E-state index contributed by atoms with van der Waals surface area (Å²) in [5.41, 5.74) is 6.78. The Labute approximate surface area is 113 Å². The molecule has 0 radical (unpaired) electrons. The van der Waals surface area contributed by atoms with Crippen LogP contribution in [0.1, 0.15) is 12.5 Å². The van der Waals surface area contributed by atoms with Crippen molar-refractivity contribution in [1.29, 1.82) is 0 Å².